The Labute approximate surface area is 114 Å². The summed E-state index contributed by atoms with van der Waals surface area (Å²) in [4.78, 5) is 17.1. The predicted octanol–water partition coefficient (Wildman–Crippen LogP) is 0.807. The molecule has 8 heteroatoms. The molecule has 7 nitrogen and oxygen atoms in total. The van der Waals surface area contributed by atoms with Crippen molar-refractivity contribution >= 4 is 11.9 Å². The number of hydrogen-bond donors (Lipinski definition) is 2. The van der Waals surface area contributed by atoms with Crippen LogP contribution in [0.1, 0.15) is 16.2 Å². The number of halogens is 1. The third-order valence-corrected chi connectivity index (χ3v) is 2.69. The number of amides is 1. The molecule has 106 valence electrons. The molecule has 0 saturated heterocycles. The zero-order valence-electron chi connectivity index (χ0n) is 11.1. The molecule has 0 bridgehead atoms. The Balaban J connectivity index is 2.09. The van der Waals surface area contributed by atoms with Crippen LogP contribution < -0.4 is 10.5 Å². The van der Waals surface area contributed by atoms with Gasteiger partial charge in [-0.3, -0.25) is 9.89 Å². The lowest BCUT2D eigenvalue weighted by molar-refractivity contribution is 0.0773. The van der Waals surface area contributed by atoms with Crippen LogP contribution in [0.3, 0.4) is 0 Å². The minimum atomic E-state index is -0.477. The van der Waals surface area contributed by atoms with E-state index in [2.05, 4.69) is 15.2 Å². The number of methoxy groups -OCH3 is 1. The summed E-state index contributed by atoms with van der Waals surface area (Å²) < 4.78 is 18.4. The number of nitrogens with two attached hydrogens (primary N) is 1. The summed E-state index contributed by atoms with van der Waals surface area (Å²) in [6.45, 7) is 0.223. The molecule has 0 fully saturated rings. The van der Waals surface area contributed by atoms with E-state index in [4.69, 9.17) is 10.5 Å². The van der Waals surface area contributed by atoms with E-state index in [1.165, 1.54) is 24.1 Å². The number of hydrogen-bond acceptors (Lipinski definition) is 5. The van der Waals surface area contributed by atoms with Gasteiger partial charge >= 0.3 is 0 Å². The third-order valence-electron chi connectivity index (χ3n) is 2.69. The summed E-state index contributed by atoms with van der Waals surface area (Å²) in [6.07, 6.45) is 0. The molecule has 1 amide bonds. The quantitative estimate of drug-likeness (QED) is 0.863. The van der Waals surface area contributed by atoms with E-state index in [0.717, 1.165) is 0 Å². The number of H-pyrrole nitrogens is 1. The molecule has 0 aliphatic carbocycles. The number of rotatable bonds is 4. The molecule has 0 spiro atoms. The summed E-state index contributed by atoms with van der Waals surface area (Å²) in [5, 5.41) is 6.01. The molecule has 20 heavy (non-hydrogen) atoms. The number of ether oxygens (including phenoxy) is 1. The maximum absolute atomic E-state index is 13.6. The van der Waals surface area contributed by atoms with E-state index in [1.54, 1.807) is 13.1 Å². The molecule has 0 unspecified atom stereocenters. The molecule has 0 radical (unpaired) electrons. The first-order chi connectivity index (χ1) is 9.51. The summed E-state index contributed by atoms with van der Waals surface area (Å²) in [5.74, 6) is -0.665. The fraction of sp³-hybridized carbons (Fsp3) is 0.250. The Kier molecular flexibility index (Phi) is 3.83. The highest BCUT2D eigenvalue weighted by molar-refractivity contribution is 5.90. The largest absolute Gasteiger partial charge is 0.494 e. The van der Waals surface area contributed by atoms with Gasteiger partial charge in [0.05, 0.1) is 7.11 Å². The van der Waals surface area contributed by atoms with Gasteiger partial charge in [-0.05, 0) is 17.7 Å². The maximum atomic E-state index is 13.6. The molecule has 1 aromatic carbocycles. The van der Waals surface area contributed by atoms with Gasteiger partial charge in [0.2, 0.25) is 11.8 Å². The van der Waals surface area contributed by atoms with E-state index in [9.17, 15) is 9.18 Å². The van der Waals surface area contributed by atoms with Crippen molar-refractivity contribution in [3.8, 4) is 5.75 Å². The smallest absolute Gasteiger partial charge is 0.291 e. The Hall–Kier alpha value is -2.64. The maximum Gasteiger partial charge on any atom is 0.291 e. The average Bonchev–Trinajstić information content (AvgIpc) is 2.84. The predicted molar refractivity (Wildman–Crippen MR) is 69.5 cm³/mol. The molecule has 2 aromatic rings. The minimum Gasteiger partial charge on any atom is -0.494 e. The number of nitrogens with zero attached hydrogens (tertiary/aromatic N) is 3. The molecular formula is C12H14FN5O2. The fourth-order valence-electron chi connectivity index (χ4n) is 1.71. The Morgan fingerprint density at radius 3 is 2.85 bits per heavy atom. The van der Waals surface area contributed by atoms with Crippen LogP contribution in [-0.4, -0.2) is 40.1 Å². The molecule has 0 aliphatic heterocycles. The first-order valence-corrected chi connectivity index (χ1v) is 5.77. The van der Waals surface area contributed by atoms with Gasteiger partial charge in [-0.15, -0.1) is 5.10 Å². The second kappa shape index (κ2) is 5.55. The Morgan fingerprint density at radius 1 is 1.55 bits per heavy atom. The van der Waals surface area contributed by atoms with Crippen LogP contribution in [0, 0.1) is 5.82 Å². The van der Waals surface area contributed by atoms with Crippen molar-refractivity contribution in [2.45, 2.75) is 6.54 Å². The van der Waals surface area contributed by atoms with Crippen LogP contribution in [0.25, 0.3) is 0 Å². The molecule has 0 aliphatic rings. The van der Waals surface area contributed by atoms with Crippen LogP contribution in [0.4, 0.5) is 10.3 Å². The van der Waals surface area contributed by atoms with Crippen molar-refractivity contribution in [2.75, 3.05) is 19.9 Å². The van der Waals surface area contributed by atoms with Crippen molar-refractivity contribution in [2.24, 2.45) is 0 Å². The standard InChI is InChI=1S/C12H14FN5O2/c1-18(11(19)10-15-12(14)17-16-10)6-7-3-4-9(20-2)8(13)5-7/h3-5H,6H2,1-2H3,(H3,14,15,16,17). The topological polar surface area (TPSA) is 97.1 Å². The van der Waals surface area contributed by atoms with Crippen LogP contribution >= 0.6 is 0 Å². The Bertz CT molecular complexity index is 628. The van der Waals surface area contributed by atoms with Gasteiger partial charge in [0.1, 0.15) is 0 Å². The minimum absolute atomic E-state index is 0.00255. The van der Waals surface area contributed by atoms with Crippen LogP contribution in [0.15, 0.2) is 18.2 Å². The molecule has 0 atom stereocenters. The van der Waals surface area contributed by atoms with Crippen LogP contribution in [0.5, 0.6) is 5.75 Å². The van der Waals surface area contributed by atoms with Crippen LogP contribution in [0.2, 0.25) is 0 Å². The highest BCUT2D eigenvalue weighted by Crippen LogP contribution is 2.18. The third kappa shape index (κ3) is 2.85. The van der Waals surface area contributed by atoms with Gasteiger partial charge in [0, 0.05) is 13.6 Å². The summed E-state index contributed by atoms with van der Waals surface area (Å²) >= 11 is 0. The van der Waals surface area contributed by atoms with Crippen molar-refractivity contribution in [3.63, 3.8) is 0 Å². The number of nitrogens with one attached hydrogen (secondary N) is 1. The Morgan fingerprint density at radius 2 is 2.30 bits per heavy atom. The number of nitrogen functional groups attached to an aromatic ring is 1. The van der Waals surface area contributed by atoms with Crippen LogP contribution in [-0.2, 0) is 6.54 Å². The number of carbonyl (C=O) groups excluding carboxylic acids is 1. The van der Waals surface area contributed by atoms with E-state index >= 15 is 0 Å². The molecule has 1 heterocycles. The summed E-state index contributed by atoms with van der Waals surface area (Å²) in [5.41, 5.74) is 5.96. The summed E-state index contributed by atoms with van der Waals surface area (Å²) in [6, 6.07) is 4.51. The van der Waals surface area contributed by atoms with E-state index < -0.39 is 5.82 Å². The highest BCUT2D eigenvalue weighted by Gasteiger charge is 2.16. The lowest BCUT2D eigenvalue weighted by Crippen LogP contribution is -2.27. The lowest BCUT2D eigenvalue weighted by Gasteiger charge is -2.16. The van der Waals surface area contributed by atoms with Crippen molar-refractivity contribution in [1.82, 2.24) is 20.1 Å². The molecule has 2 rings (SSSR count). The highest BCUT2D eigenvalue weighted by atomic mass is 19.1. The fourth-order valence-corrected chi connectivity index (χ4v) is 1.71. The zero-order valence-corrected chi connectivity index (χ0v) is 11.1. The van der Waals surface area contributed by atoms with E-state index in [-0.39, 0.29) is 30.0 Å². The SMILES string of the molecule is COc1ccc(CN(C)C(=O)c2nc(N)n[nH]2)cc1F. The van der Waals surface area contributed by atoms with E-state index in [1.807, 2.05) is 0 Å². The number of benzene rings is 1. The average molecular weight is 279 g/mol. The molecule has 0 saturated carbocycles. The van der Waals surface area contributed by atoms with Crippen molar-refractivity contribution < 1.29 is 13.9 Å². The number of aromatic amines is 1. The normalized spacial score (nSPS) is 10.3. The second-order valence-corrected chi connectivity index (χ2v) is 4.17. The van der Waals surface area contributed by atoms with Gasteiger partial charge in [-0.25, -0.2) is 4.39 Å². The van der Waals surface area contributed by atoms with Gasteiger partial charge in [0.15, 0.2) is 11.6 Å². The van der Waals surface area contributed by atoms with Gasteiger partial charge in [-0.1, -0.05) is 6.07 Å². The van der Waals surface area contributed by atoms with Gasteiger partial charge in [0.25, 0.3) is 5.91 Å². The monoisotopic (exact) mass is 279 g/mol. The van der Waals surface area contributed by atoms with Crippen molar-refractivity contribution in [3.05, 3.63) is 35.4 Å². The first kappa shape index (κ1) is 13.8. The van der Waals surface area contributed by atoms with Gasteiger partial charge < -0.3 is 15.4 Å². The molecule has 3 N–H and O–H groups in total. The molecule has 1 aromatic heterocycles. The van der Waals surface area contributed by atoms with Crippen molar-refractivity contribution in [1.29, 1.82) is 0 Å². The second-order valence-electron chi connectivity index (χ2n) is 4.17. The van der Waals surface area contributed by atoms with Gasteiger partial charge in [-0.2, -0.15) is 4.98 Å². The number of anilines is 1. The van der Waals surface area contributed by atoms with E-state index in [0.29, 0.717) is 5.56 Å². The zero-order chi connectivity index (χ0) is 14.7. The molecular weight excluding hydrogens is 265 g/mol. The number of carbonyl (C=O) groups is 1. The lowest BCUT2D eigenvalue weighted by atomic mass is 10.2. The summed E-state index contributed by atoms with van der Waals surface area (Å²) in [7, 11) is 2.96. The number of aromatic nitrogens is 3. The first-order valence-electron chi connectivity index (χ1n) is 5.77.